The smallest absolute Gasteiger partial charge is 0.130 e. The fraction of sp³-hybridized carbons (Fsp3) is 0. The zero-order valence-electron chi connectivity index (χ0n) is 5.52. The van der Waals surface area contributed by atoms with E-state index in [1.807, 2.05) is 0 Å². The van der Waals surface area contributed by atoms with Gasteiger partial charge in [-0.15, -0.1) is 0 Å². The van der Waals surface area contributed by atoms with Crippen LogP contribution in [-0.4, -0.2) is 0 Å². The molecule has 0 unspecified atom stereocenters. The first kappa shape index (κ1) is 8.94. The highest BCUT2D eigenvalue weighted by atomic mass is 79.9. The van der Waals surface area contributed by atoms with Gasteiger partial charge in [-0.1, -0.05) is 18.2 Å². The van der Waals surface area contributed by atoms with E-state index >= 15 is 0 Å². The summed E-state index contributed by atoms with van der Waals surface area (Å²) in [5.41, 5.74) is 0.566. The average Bonchev–Trinajstić information content (AvgIpc) is 1.93. The van der Waals surface area contributed by atoms with Gasteiger partial charge >= 0.3 is 0 Å². The molecular weight excluding hydrogens is 275 g/mol. The lowest BCUT2D eigenvalue weighted by Gasteiger charge is -1.93. The van der Waals surface area contributed by atoms with Crippen molar-refractivity contribution in [2.45, 2.75) is 0 Å². The van der Waals surface area contributed by atoms with E-state index in [1.165, 1.54) is 6.07 Å². The normalized spacial score (nSPS) is 9.36. The Kier molecular flexibility index (Phi) is 3.27. The van der Waals surface area contributed by atoms with E-state index in [0.717, 1.165) is 3.39 Å². The van der Waals surface area contributed by atoms with Gasteiger partial charge in [-0.3, -0.25) is 0 Å². The van der Waals surface area contributed by atoms with Crippen LogP contribution in [0.15, 0.2) is 27.7 Å². The Morgan fingerprint density at radius 3 is 2.45 bits per heavy atom. The summed E-state index contributed by atoms with van der Waals surface area (Å²) < 4.78 is 13.6. The lowest BCUT2D eigenvalue weighted by atomic mass is 10.2. The van der Waals surface area contributed by atoms with Crippen molar-refractivity contribution in [3.8, 4) is 0 Å². The molecule has 1 aromatic rings. The highest BCUT2D eigenvalue weighted by Gasteiger charge is 1.95. The van der Waals surface area contributed by atoms with Crippen LogP contribution in [0.4, 0.5) is 4.39 Å². The Morgan fingerprint density at radius 1 is 1.27 bits per heavy atom. The fourth-order valence-corrected chi connectivity index (χ4v) is 1.20. The Bertz CT molecular complexity index is 277. The molecule has 1 rings (SSSR count). The SMILES string of the molecule is Fc1ccccc1C=C(Br)Br. The molecule has 58 valence electrons. The number of rotatable bonds is 1. The van der Waals surface area contributed by atoms with Gasteiger partial charge in [-0.2, -0.15) is 0 Å². The molecule has 0 amide bonds. The van der Waals surface area contributed by atoms with Gasteiger partial charge in [-0.25, -0.2) is 4.39 Å². The molecule has 0 bridgehead atoms. The summed E-state index contributed by atoms with van der Waals surface area (Å²) in [7, 11) is 0. The monoisotopic (exact) mass is 278 g/mol. The molecule has 0 N–H and O–H groups in total. The number of hydrogen-bond acceptors (Lipinski definition) is 0. The second kappa shape index (κ2) is 4.02. The van der Waals surface area contributed by atoms with Crippen LogP contribution in [0.5, 0.6) is 0 Å². The van der Waals surface area contributed by atoms with Crippen molar-refractivity contribution in [3.63, 3.8) is 0 Å². The van der Waals surface area contributed by atoms with Crippen molar-refractivity contribution < 1.29 is 4.39 Å². The summed E-state index contributed by atoms with van der Waals surface area (Å²) in [4.78, 5) is 0. The molecule has 0 aromatic heterocycles. The van der Waals surface area contributed by atoms with Crippen LogP contribution in [0, 0.1) is 5.82 Å². The molecule has 3 heteroatoms. The number of hydrogen-bond donors (Lipinski definition) is 0. The lowest BCUT2D eigenvalue weighted by molar-refractivity contribution is 0.625. The predicted molar refractivity (Wildman–Crippen MR) is 52.2 cm³/mol. The Hall–Kier alpha value is -0.150. The summed E-state index contributed by atoms with van der Waals surface area (Å²) in [6.45, 7) is 0. The third-order valence-electron chi connectivity index (χ3n) is 1.17. The first-order valence-corrected chi connectivity index (χ1v) is 4.56. The molecular formula is C8H5Br2F. The van der Waals surface area contributed by atoms with Crippen LogP contribution < -0.4 is 0 Å². The van der Waals surface area contributed by atoms with Crippen LogP contribution >= 0.6 is 31.9 Å². The van der Waals surface area contributed by atoms with Crippen LogP contribution in [0.1, 0.15) is 5.56 Å². The number of halogens is 3. The van der Waals surface area contributed by atoms with Gasteiger partial charge in [-0.05, 0) is 44.0 Å². The van der Waals surface area contributed by atoms with Gasteiger partial charge < -0.3 is 0 Å². The Labute approximate surface area is 81.4 Å². The highest BCUT2D eigenvalue weighted by molar-refractivity contribution is 9.28. The van der Waals surface area contributed by atoms with E-state index in [2.05, 4.69) is 31.9 Å². The summed E-state index contributed by atoms with van der Waals surface area (Å²) in [5, 5.41) is 0. The standard InChI is InChI=1S/C8H5Br2F/c9-8(10)5-6-3-1-2-4-7(6)11/h1-5H. The second-order valence-corrected chi connectivity index (χ2v) is 4.73. The third kappa shape index (κ3) is 2.75. The largest absolute Gasteiger partial charge is 0.206 e. The second-order valence-electron chi connectivity index (χ2n) is 1.96. The van der Waals surface area contributed by atoms with Crippen molar-refractivity contribution in [2.24, 2.45) is 0 Å². The lowest BCUT2D eigenvalue weighted by Crippen LogP contribution is -1.78. The first-order chi connectivity index (χ1) is 5.20. The quantitative estimate of drug-likeness (QED) is 0.731. The minimum atomic E-state index is -0.219. The molecule has 0 heterocycles. The van der Waals surface area contributed by atoms with Gasteiger partial charge in [0.15, 0.2) is 0 Å². The molecule has 0 nitrogen and oxygen atoms in total. The maximum absolute atomic E-state index is 12.9. The van der Waals surface area contributed by atoms with E-state index < -0.39 is 0 Å². The van der Waals surface area contributed by atoms with Gasteiger partial charge in [0.05, 0.1) is 3.39 Å². The molecule has 0 spiro atoms. The van der Waals surface area contributed by atoms with Gasteiger partial charge in [0, 0.05) is 5.56 Å². The molecule has 0 saturated carbocycles. The summed E-state index contributed by atoms with van der Waals surface area (Å²) >= 11 is 6.31. The van der Waals surface area contributed by atoms with Crippen LogP contribution in [-0.2, 0) is 0 Å². The van der Waals surface area contributed by atoms with Crippen molar-refractivity contribution in [1.82, 2.24) is 0 Å². The van der Waals surface area contributed by atoms with Crippen molar-refractivity contribution in [2.75, 3.05) is 0 Å². The zero-order valence-corrected chi connectivity index (χ0v) is 8.69. The molecule has 11 heavy (non-hydrogen) atoms. The third-order valence-corrected chi connectivity index (χ3v) is 1.63. The van der Waals surface area contributed by atoms with E-state index in [4.69, 9.17) is 0 Å². The van der Waals surface area contributed by atoms with E-state index in [9.17, 15) is 4.39 Å². The van der Waals surface area contributed by atoms with Crippen LogP contribution in [0.25, 0.3) is 6.08 Å². The van der Waals surface area contributed by atoms with Crippen LogP contribution in [0.2, 0.25) is 0 Å². The Morgan fingerprint density at radius 2 is 1.91 bits per heavy atom. The molecule has 1 aromatic carbocycles. The summed E-state index contributed by atoms with van der Waals surface area (Å²) in [5.74, 6) is -0.219. The van der Waals surface area contributed by atoms with Gasteiger partial charge in [0.25, 0.3) is 0 Å². The molecule has 0 aliphatic carbocycles. The molecule has 0 aliphatic heterocycles. The van der Waals surface area contributed by atoms with E-state index in [0.29, 0.717) is 5.56 Å². The molecule has 0 fully saturated rings. The minimum absolute atomic E-state index is 0.219. The maximum Gasteiger partial charge on any atom is 0.130 e. The Balaban J connectivity index is 3.04. The van der Waals surface area contributed by atoms with Gasteiger partial charge in [0.2, 0.25) is 0 Å². The fourth-order valence-electron chi connectivity index (χ4n) is 0.710. The molecule has 0 radical (unpaired) electrons. The number of benzene rings is 1. The van der Waals surface area contributed by atoms with Crippen molar-refractivity contribution >= 4 is 37.9 Å². The van der Waals surface area contributed by atoms with Crippen LogP contribution in [0.3, 0.4) is 0 Å². The molecule has 0 atom stereocenters. The van der Waals surface area contributed by atoms with Crippen molar-refractivity contribution in [3.05, 3.63) is 39.0 Å². The van der Waals surface area contributed by atoms with E-state index in [-0.39, 0.29) is 5.82 Å². The molecule has 0 saturated heterocycles. The summed E-state index contributed by atoms with van der Waals surface area (Å²) in [6.07, 6.45) is 1.66. The first-order valence-electron chi connectivity index (χ1n) is 2.97. The topological polar surface area (TPSA) is 0 Å². The van der Waals surface area contributed by atoms with E-state index in [1.54, 1.807) is 24.3 Å². The maximum atomic E-state index is 12.9. The molecule has 0 aliphatic rings. The average molecular weight is 280 g/mol. The predicted octanol–water partition coefficient (Wildman–Crippen LogP) is 3.91. The summed E-state index contributed by atoms with van der Waals surface area (Å²) in [6, 6.07) is 6.58. The minimum Gasteiger partial charge on any atom is -0.206 e. The highest BCUT2D eigenvalue weighted by Crippen LogP contribution is 2.19. The van der Waals surface area contributed by atoms with Gasteiger partial charge in [0.1, 0.15) is 5.82 Å². The van der Waals surface area contributed by atoms with Crippen molar-refractivity contribution in [1.29, 1.82) is 0 Å². The zero-order chi connectivity index (χ0) is 8.27.